The van der Waals surface area contributed by atoms with Crippen LogP contribution in [0.15, 0.2) is 54.6 Å². The van der Waals surface area contributed by atoms with E-state index < -0.39 is 5.91 Å². The third kappa shape index (κ3) is 3.15. The van der Waals surface area contributed by atoms with Crippen LogP contribution in [0.4, 0.5) is 0 Å². The number of primary amides is 1. The van der Waals surface area contributed by atoms with Gasteiger partial charge in [0.1, 0.15) is 17.1 Å². The lowest BCUT2D eigenvalue weighted by Crippen LogP contribution is -2.17. The van der Waals surface area contributed by atoms with Crippen molar-refractivity contribution in [2.24, 2.45) is 5.73 Å². The molecule has 0 fully saturated rings. The van der Waals surface area contributed by atoms with Crippen LogP contribution in [0.25, 0.3) is 16.9 Å². The molecule has 7 heteroatoms. The molecule has 0 bridgehead atoms. The van der Waals surface area contributed by atoms with Gasteiger partial charge in [0.25, 0.3) is 5.91 Å². The molecule has 0 saturated heterocycles. The number of nitrogens with two attached hydrogens (primary N) is 1. The summed E-state index contributed by atoms with van der Waals surface area (Å²) in [6.07, 6.45) is 1.70. The summed E-state index contributed by atoms with van der Waals surface area (Å²) in [7, 11) is 0. The molecule has 0 unspecified atom stereocenters. The minimum absolute atomic E-state index is 0.373. The summed E-state index contributed by atoms with van der Waals surface area (Å²) in [6.45, 7) is 1.77. The molecule has 5 rings (SSSR count). The highest BCUT2D eigenvalue weighted by Gasteiger charge is 2.24. The normalized spacial score (nSPS) is 13.8. The molecule has 1 aliphatic heterocycles. The Labute approximate surface area is 167 Å². The van der Waals surface area contributed by atoms with Gasteiger partial charge in [-0.2, -0.15) is 5.10 Å². The van der Waals surface area contributed by atoms with Crippen molar-refractivity contribution in [2.45, 2.75) is 12.8 Å². The van der Waals surface area contributed by atoms with E-state index in [1.165, 1.54) is 0 Å². The van der Waals surface area contributed by atoms with E-state index in [0.717, 1.165) is 59.9 Å². The van der Waals surface area contributed by atoms with Crippen molar-refractivity contribution in [3.8, 4) is 22.8 Å². The Bertz CT molecular complexity index is 1180. The zero-order valence-corrected chi connectivity index (χ0v) is 15.8. The first-order chi connectivity index (χ1) is 14.2. The number of ether oxygens (including phenoxy) is 1. The van der Waals surface area contributed by atoms with Gasteiger partial charge in [0.15, 0.2) is 5.69 Å². The van der Waals surface area contributed by atoms with E-state index in [1.54, 1.807) is 4.52 Å². The molecule has 1 amide bonds. The van der Waals surface area contributed by atoms with Crippen LogP contribution in [0.1, 0.15) is 21.7 Å². The van der Waals surface area contributed by atoms with E-state index in [0.29, 0.717) is 11.4 Å². The van der Waals surface area contributed by atoms with E-state index >= 15 is 0 Å². The van der Waals surface area contributed by atoms with Gasteiger partial charge >= 0.3 is 0 Å². The smallest absolute Gasteiger partial charge is 0.269 e. The monoisotopic (exact) mass is 387 g/mol. The molecule has 4 aromatic rings. The number of hydrogen-bond donors (Lipinski definition) is 3. The fraction of sp³-hybridized carbons (Fsp3) is 0.182. The summed E-state index contributed by atoms with van der Waals surface area (Å²) in [6, 6.07) is 17.2. The number of nitrogens with one attached hydrogen (secondary N) is 2. The summed E-state index contributed by atoms with van der Waals surface area (Å²) < 4.78 is 7.52. The number of carbonyl (C=O) groups excluding carboxylic acids is 1. The maximum atomic E-state index is 12.3. The van der Waals surface area contributed by atoms with Crippen LogP contribution in [0.5, 0.6) is 11.5 Å². The van der Waals surface area contributed by atoms with Gasteiger partial charge in [0.05, 0.1) is 11.4 Å². The van der Waals surface area contributed by atoms with Crippen molar-refractivity contribution in [1.29, 1.82) is 0 Å². The lowest BCUT2D eigenvalue weighted by molar-refractivity contribution is 0.0994. The molecule has 1 aliphatic rings. The second-order valence-electron chi connectivity index (χ2n) is 7.09. The van der Waals surface area contributed by atoms with Gasteiger partial charge in [-0.1, -0.05) is 18.2 Å². The molecule has 29 heavy (non-hydrogen) atoms. The molecule has 2 aromatic heterocycles. The van der Waals surface area contributed by atoms with Crippen LogP contribution in [0.2, 0.25) is 0 Å². The molecule has 0 saturated carbocycles. The van der Waals surface area contributed by atoms with E-state index in [2.05, 4.69) is 15.4 Å². The minimum Gasteiger partial charge on any atom is -0.457 e. The second-order valence-corrected chi connectivity index (χ2v) is 7.09. The van der Waals surface area contributed by atoms with Crippen LogP contribution in [-0.2, 0) is 12.8 Å². The Kier molecular flexibility index (Phi) is 4.29. The van der Waals surface area contributed by atoms with Crippen molar-refractivity contribution in [2.75, 3.05) is 13.1 Å². The highest BCUT2D eigenvalue weighted by Crippen LogP contribution is 2.30. The van der Waals surface area contributed by atoms with E-state index in [-0.39, 0.29) is 0 Å². The fourth-order valence-electron chi connectivity index (χ4n) is 3.83. The molecule has 3 heterocycles. The summed E-state index contributed by atoms with van der Waals surface area (Å²) in [5, 5.41) is 8.05. The van der Waals surface area contributed by atoms with Gasteiger partial charge in [-0.05, 0) is 49.4 Å². The number of hydrogen-bond acceptors (Lipinski definition) is 4. The maximum Gasteiger partial charge on any atom is 0.269 e. The van der Waals surface area contributed by atoms with Crippen molar-refractivity contribution < 1.29 is 9.53 Å². The lowest BCUT2D eigenvalue weighted by atomic mass is 10.1. The Balaban J connectivity index is 1.54. The summed E-state index contributed by atoms with van der Waals surface area (Å²) in [4.78, 5) is 15.7. The Hall–Kier alpha value is -3.58. The van der Waals surface area contributed by atoms with Crippen molar-refractivity contribution in [1.82, 2.24) is 19.9 Å². The summed E-state index contributed by atoms with van der Waals surface area (Å²) in [5.41, 5.74) is 10.6. The van der Waals surface area contributed by atoms with Gasteiger partial charge in [-0.3, -0.25) is 4.79 Å². The lowest BCUT2D eigenvalue weighted by Gasteiger charge is -2.07. The fourth-order valence-corrected chi connectivity index (χ4v) is 3.83. The average molecular weight is 387 g/mol. The summed E-state index contributed by atoms with van der Waals surface area (Å²) in [5.74, 6) is 0.983. The van der Waals surface area contributed by atoms with Gasteiger partial charge in [-0.25, -0.2) is 4.52 Å². The molecule has 7 nitrogen and oxygen atoms in total. The molecule has 0 atom stereocenters. The SMILES string of the molecule is NC(=O)c1c(-c2ccc(Oc3ccccc3)cc2)[nH]c2c3c(nn12)CCNCC3. The third-order valence-corrected chi connectivity index (χ3v) is 5.20. The molecular formula is C22H21N5O2. The number of aromatic nitrogens is 3. The minimum atomic E-state index is -0.508. The van der Waals surface area contributed by atoms with Crippen LogP contribution >= 0.6 is 0 Å². The molecule has 0 spiro atoms. The zero-order valence-electron chi connectivity index (χ0n) is 15.8. The number of para-hydroxylation sites is 1. The number of nitrogens with zero attached hydrogens (tertiary/aromatic N) is 2. The Morgan fingerprint density at radius 3 is 2.48 bits per heavy atom. The molecule has 4 N–H and O–H groups in total. The van der Waals surface area contributed by atoms with E-state index in [9.17, 15) is 4.79 Å². The van der Waals surface area contributed by atoms with Crippen LogP contribution in [-0.4, -0.2) is 33.6 Å². The molecule has 0 radical (unpaired) electrons. The number of benzene rings is 2. The van der Waals surface area contributed by atoms with Crippen molar-refractivity contribution in [3.63, 3.8) is 0 Å². The van der Waals surface area contributed by atoms with E-state index in [1.807, 2.05) is 54.6 Å². The molecular weight excluding hydrogens is 366 g/mol. The first-order valence-electron chi connectivity index (χ1n) is 9.67. The topological polar surface area (TPSA) is 97.4 Å². The number of imidazole rings is 1. The standard InChI is InChI=1S/C22H21N5O2/c23-21(28)20-19(25-22-17-10-12-24-13-11-18(17)26-27(20)22)14-6-8-16(9-7-14)29-15-4-2-1-3-5-15/h1-9,24-25H,10-13H2,(H2,23,28). The quantitative estimate of drug-likeness (QED) is 0.501. The number of amides is 1. The third-order valence-electron chi connectivity index (χ3n) is 5.20. The predicted molar refractivity (Wildman–Crippen MR) is 110 cm³/mol. The number of aromatic amines is 1. The molecule has 146 valence electrons. The highest BCUT2D eigenvalue weighted by atomic mass is 16.5. The van der Waals surface area contributed by atoms with Gasteiger partial charge in [0.2, 0.25) is 0 Å². The predicted octanol–water partition coefficient (Wildman–Crippen LogP) is 2.91. The maximum absolute atomic E-state index is 12.3. The van der Waals surface area contributed by atoms with Crippen LogP contribution in [0, 0.1) is 0 Å². The van der Waals surface area contributed by atoms with Gasteiger partial charge < -0.3 is 20.8 Å². The Morgan fingerprint density at radius 2 is 1.72 bits per heavy atom. The number of H-pyrrole nitrogens is 1. The first-order valence-corrected chi connectivity index (χ1v) is 9.67. The average Bonchev–Trinajstić information content (AvgIpc) is 3.16. The number of rotatable bonds is 4. The van der Waals surface area contributed by atoms with Crippen LogP contribution < -0.4 is 15.8 Å². The highest BCUT2D eigenvalue weighted by molar-refractivity contribution is 5.98. The largest absolute Gasteiger partial charge is 0.457 e. The van der Waals surface area contributed by atoms with Crippen molar-refractivity contribution in [3.05, 3.63) is 71.5 Å². The second kappa shape index (κ2) is 7.10. The van der Waals surface area contributed by atoms with E-state index in [4.69, 9.17) is 10.5 Å². The molecule has 2 aromatic carbocycles. The van der Waals surface area contributed by atoms with Crippen LogP contribution in [0.3, 0.4) is 0 Å². The number of fused-ring (bicyclic) bond motifs is 3. The summed E-state index contributed by atoms with van der Waals surface area (Å²) >= 11 is 0. The number of carbonyl (C=O) groups is 1. The first kappa shape index (κ1) is 17.5. The van der Waals surface area contributed by atoms with Gasteiger partial charge in [-0.15, -0.1) is 0 Å². The zero-order chi connectivity index (χ0) is 19.8. The Morgan fingerprint density at radius 1 is 1.00 bits per heavy atom. The van der Waals surface area contributed by atoms with Gasteiger partial charge in [0, 0.05) is 24.1 Å². The molecule has 0 aliphatic carbocycles. The van der Waals surface area contributed by atoms with Crippen molar-refractivity contribution >= 4 is 11.6 Å².